The number of benzene rings is 3. The molecule has 0 aromatic heterocycles. The summed E-state index contributed by atoms with van der Waals surface area (Å²) in [5.74, 6) is 1.32. The number of nitrogens with zero attached hydrogens (tertiary/aromatic N) is 1. The summed E-state index contributed by atoms with van der Waals surface area (Å²) < 4.78 is 21.4. The molecule has 0 bridgehead atoms. The molecule has 1 aliphatic rings. The first-order valence-corrected chi connectivity index (χ1v) is 8.94. The van der Waals surface area contributed by atoms with Gasteiger partial charge in [0.2, 0.25) is 5.90 Å². The van der Waals surface area contributed by atoms with Crippen LogP contribution in [0.1, 0.15) is 11.1 Å². The minimum Gasteiger partial charge on any atom is -0.496 e. The van der Waals surface area contributed by atoms with Crippen LogP contribution in [0.4, 0.5) is 0 Å². The maximum atomic E-state index is 12.4. The lowest BCUT2D eigenvalue weighted by Gasteiger charge is -2.12. The van der Waals surface area contributed by atoms with Gasteiger partial charge in [0.05, 0.1) is 21.3 Å². The van der Waals surface area contributed by atoms with Crippen molar-refractivity contribution in [3.05, 3.63) is 71.4 Å². The lowest BCUT2D eigenvalue weighted by atomic mass is 10.1. The summed E-state index contributed by atoms with van der Waals surface area (Å²) in [7, 11) is 4.63. The van der Waals surface area contributed by atoms with Crippen molar-refractivity contribution in [1.29, 1.82) is 0 Å². The van der Waals surface area contributed by atoms with Gasteiger partial charge in [-0.05, 0) is 35.0 Å². The van der Waals surface area contributed by atoms with Gasteiger partial charge in [-0.25, -0.2) is 9.79 Å². The number of esters is 1. The number of ether oxygens (including phenoxy) is 4. The van der Waals surface area contributed by atoms with Crippen LogP contribution in [0.15, 0.2) is 65.3 Å². The molecular weight excluding hydrogens is 370 g/mol. The fourth-order valence-electron chi connectivity index (χ4n) is 3.17. The average Bonchev–Trinajstić information content (AvgIpc) is 3.13. The van der Waals surface area contributed by atoms with Gasteiger partial charge in [0.1, 0.15) is 5.75 Å². The zero-order chi connectivity index (χ0) is 20.4. The van der Waals surface area contributed by atoms with Crippen LogP contribution in [-0.4, -0.2) is 33.2 Å². The normalized spacial score (nSPS) is 14.7. The molecule has 6 heteroatoms. The van der Waals surface area contributed by atoms with E-state index in [-0.39, 0.29) is 11.6 Å². The Morgan fingerprint density at radius 1 is 0.828 bits per heavy atom. The number of aliphatic imine (C=N–C) groups is 1. The summed E-state index contributed by atoms with van der Waals surface area (Å²) in [6, 6.07) is 17.2. The predicted octanol–water partition coefficient (Wildman–Crippen LogP) is 4.21. The topological polar surface area (TPSA) is 66.3 Å². The van der Waals surface area contributed by atoms with Gasteiger partial charge >= 0.3 is 5.97 Å². The van der Waals surface area contributed by atoms with Crippen LogP contribution < -0.4 is 14.2 Å². The Kier molecular flexibility index (Phi) is 4.91. The highest BCUT2D eigenvalue weighted by atomic mass is 16.6. The third-order valence-electron chi connectivity index (χ3n) is 4.65. The van der Waals surface area contributed by atoms with Gasteiger partial charge in [0.25, 0.3) is 0 Å². The van der Waals surface area contributed by atoms with Crippen molar-refractivity contribution in [3.8, 4) is 17.2 Å². The molecule has 1 aliphatic heterocycles. The Labute approximate surface area is 168 Å². The van der Waals surface area contributed by atoms with E-state index in [0.717, 1.165) is 16.3 Å². The molecule has 0 amide bonds. The molecule has 6 nitrogen and oxygen atoms in total. The van der Waals surface area contributed by atoms with Gasteiger partial charge < -0.3 is 18.9 Å². The third kappa shape index (κ3) is 3.52. The molecule has 0 saturated heterocycles. The molecule has 0 saturated carbocycles. The molecule has 3 aromatic carbocycles. The Hall–Kier alpha value is -3.80. The van der Waals surface area contributed by atoms with Gasteiger partial charge in [0.15, 0.2) is 17.2 Å². The van der Waals surface area contributed by atoms with Gasteiger partial charge in [0, 0.05) is 17.2 Å². The molecule has 0 spiro atoms. The lowest BCUT2D eigenvalue weighted by molar-refractivity contribution is -0.129. The van der Waals surface area contributed by atoms with Crippen molar-refractivity contribution >= 4 is 28.7 Å². The fourth-order valence-corrected chi connectivity index (χ4v) is 3.17. The number of hydrogen-bond acceptors (Lipinski definition) is 6. The molecule has 4 rings (SSSR count). The lowest BCUT2D eigenvalue weighted by Crippen LogP contribution is -2.05. The van der Waals surface area contributed by atoms with Crippen LogP contribution in [0.3, 0.4) is 0 Å². The highest BCUT2D eigenvalue weighted by Gasteiger charge is 2.25. The van der Waals surface area contributed by atoms with Gasteiger partial charge in [-0.15, -0.1) is 0 Å². The van der Waals surface area contributed by atoms with Crippen molar-refractivity contribution in [2.24, 2.45) is 4.99 Å². The summed E-state index contributed by atoms with van der Waals surface area (Å²) in [5.41, 5.74) is 1.54. The molecule has 0 N–H and O–H groups in total. The van der Waals surface area contributed by atoms with Crippen molar-refractivity contribution in [3.63, 3.8) is 0 Å². The molecule has 146 valence electrons. The van der Waals surface area contributed by atoms with E-state index >= 15 is 0 Å². The molecule has 0 atom stereocenters. The van der Waals surface area contributed by atoms with Crippen LogP contribution in [0.5, 0.6) is 17.2 Å². The van der Waals surface area contributed by atoms with Crippen LogP contribution >= 0.6 is 0 Å². The first-order valence-electron chi connectivity index (χ1n) is 8.94. The molecular formula is C23H19NO5. The molecule has 0 aliphatic carbocycles. The second-order valence-electron chi connectivity index (χ2n) is 6.35. The fraction of sp³-hybridized carbons (Fsp3) is 0.130. The zero-order valence-corrected chi connectivity index (χ0v) is 16.3. The van der Waals surface area contributed by atoms with E-state index in [1.807, 2.05) is 42.5 Å². The van der Waals surface area contributed by atoms with Crippen molar-refractivity contribution in [1.82, 2.24) is 0 Å². The number of rotatable bonds is 5. The predicted molar refractivity (Wildman–Crippen MR) is 111 cm³/mol. The summed E-state index contributed by atoms with van der Waals surface area (Å²) in [6.07, 6.45) is 1.61. The number of fused-ring (bicyclic) bond motifs is 1. The monoisotopic (exact) mass is 389 g/mol. The summed E-state index contributed by atoms with van der Waals surface area (Å²) >= 11 is 0. The quantitative estimate of drug-likeness (QED) is 0.483. The SMILES string of the molecule is COc1cc(OC)c(OC)cc1/C=C1\N=C(c2ccc3ccccc3c2)OC1=O. The molecule has 0 unspecified atom stereocenters. The largest absolute Gasteiger partial charge is 0.496 e. The Morgan fingerprint density at radius 2 is 1.52 bits per heavy atom. The molecule has 3 aromatic rings. The Balaban J connectivity index is 1.74. The first kappa shape index (κ1) is 18.6. The highest BCUT2D eigenvalue weighted by Crippen LogP contribution is 2.36. The van der Waals surface area contributed by atoms with E-state index < -0.39 is 5.97 Å². The van der Waals surface area contributed by atoms with E-state index in [4.69, 9.17) is 18.9 Å². The summed E-state index contributed by atoms with van der Waals surface area (Å²) in [6.45, 7) is 0. The van der Waals surface area contributed by atoms with Crippen LogP contribution in [0, 0.1) is 0 Å². The number of carbonyl (C=O) groups excluding carboxylic acids is 1. The van der Waals surface area contributed by atoms with Crippen LogP contribution in [0.2, 0.25) is 0 Å². The van der Waals surface area contributed by atoms with Crippen LogP contribution in [-0.2, 0) is 9.53 Å². The minimum atomic E-state index is -0.523. The maximum Gasteiger partial charge on any atom is 0.363 e. The van der Waals surface area contributed by atoms with E-state index in [1.165, 1.54) is 0 Å². The Morgan fingerprint density at radius 3 is 2.24 bits per heavy atom. The smallest absolute Gasteiger partial charge is 0.363 e. The zero-order valence-electron chi connectivity index (χ0n) is 16.3. The summed E-state index contributed by atoms with van der Waals surface area (Å²) in [4.78, 5) is 16.8. The third-order valence-corrected chi connectivity index (χ3v) is 4.65. The second-order valence-corrected chi connectivity index (χ2v) is 6.35. The van der Waals surface area contributed by atoms with Gasteiger partial charge in [-0.1, -0.05) is 30.3 Å². The molecule has 29 heavy (non-hydrogen) atoms. The maximum absolute atomic E-state index is 12.4. The summed E-state index contributed by atoms with van der Waals surface area (Å²) in [5, 5.41) is 2.15. The molecule has 0 radical (unpaired) electrons. The molecule has 1 heterocycles. The first-order chi connectivity index (χ1) is 14.1. The Bertz CT molecular complexity index is 1160. The second kappa shape index (κ2) is 7.67. The number of carbonyl (C=O) groups is 1. The highest BCUT2D eigenvalue weighted by molar-refractivity contribution is 6.13. The van der Waals surface area contributed by atoms with E-state index in [0.29, 0.717) is 22.8 Å². The van der Waals surface area contributed by atoms with E-state index in [1.54, 1.807) is 39.5 Å². The number of cyclic esters (lactones) is 1. The van der Waals surface area contributed by atoms with Crippen molar-refractivity contribution < 1.29 is 23.7 Å². The van der Waals surface area contributed by atoms with E-state index in [2.05, 4.69) is 4.99 Å². The molecule has 0 fully saturated rings. The van der Waals surface area contributed by atoms with Crippen LogP contribution in [0.25, 0.3) is 16.8 Å². The van der Waals surface area contributed by atoms with Crippen molar-refractivity contribution in [2.45, 2.75) is 0 Å². The minimum absolute atomic E-state index is 0.179. The average molecular weight is 389 g/mol. The van der Waals surface area contributed by atoms with Gasteiger partial charge in [-0.2, -0.15) is 0 Å². The standard InChI is InChI=1S/C23H19NO5/c1-26-19-13-21(28-3)20(27-2)12-17(19)11-18-23(25)29-22(24-18)16-9-8-14-6-4-5-7-15(14)10-16/h4-13H,1-3H3/b18-11-. The number of methoxy groups -OCH3 is 3. The van der Waals surface area contributed by atoms with E-state index in [9.17, 15) is 4.79 Å². The van der Waals surface area contributed by atoms with Crippen molar-refractivity contribution in [2.75, 3.05) is 21.3 Å². The van der Waals surface area contributed by atoms with Gasteiger partial charge in [-0.3, -0.25) is 0 Å². The number of hydrogen-bond donors (Lipinski definition) is 0.